The lowest BCUT2D eigenvalue weighted by Gasteiger charge is -2.50. The second kappa shape index (κ2) is 47.1. The molecule has 23 nitrogen and oxygen atoms in total. The van der Waals surface area contributed by atoms with Gasteiger partial charge in [-0.1, -0.05) is 199 Å². The third-order valence-corrected chi connectivity index (χ3v) is 17.4. The summed E-state index contributed by atoms with van der Waals surface area (Å²) in [5.41, 5.74) is 0. The molecule has 0 aromatic carbocycles. The number of nitrogens with one attached hydrogen (secondary N) is 2. The van der Waals surface area contributed by atoms with Gasteiger partial charge in [0.05, 0.1) is 50.7 Å². The maximum absolute atomic E-state index is 13.4. The number of carbonyl (C=O) groups is 3. The fourth-order valence-corrected chi connectivity index (χ4v) is 11.9. The van der Waals surface area contributed by atoms with Crippen LogP contribution in [0.3, 0.4) is 0 Å². The van der Waals surface area contributed by atoms with E-state index in [4.69, 9.17) is 28.4 Å². The normalized spacial score (nSPS) is 28.9. The van der Waals surface area contributed by atoms with Gasteiger partial charge in [0.1, 0.15) is 67.1 Å². The first kappa shape index (κ1) is 80.4. The zero-order valence-electron chi connectivity index (χ0n) is 54.0. The molecule has 3 rings (SSSR count). The first-order chi connectivity index (χ1) is 42.9. The van der Waals surface area contributed by atoms with Gasteiger partial charge >= 0.3 is 5.97 Å². The molecule has 0 bridgehead atoms. The molecule has 23 heteroatoms. The van der Waals surface area contributed by atoms with Crippen LogP contribution < -0.4 is 10.6 Å². The molecule has 89 heavy (non-hydrogen) atoms. The summed E-state index contributed by atoms with van der Waals surface area (Å²) < 4.78 is 34.8. The molecule has 520 valence electrons. The van der Waals surface area contributed by atoms with Crippen LogP contribution in [-0.4, -0.2) is 215 Å². The fourth-order valence-electron chi connectivity index (χ4n) is 11.9. The third kappa shape index (κ3) is 30.0. The molecule has 3 aliphatic rings. The van der Waals surface area contributed by atoms with E-state index in [1.54, 1.807) is 6.08 Å². The zero-order valence-corrected chi connectivity index (χ0v) is 54.0. The van der Waals surface area contributed by atoms with Gasteiger partial charge in [-0.25, -0.2) is 4.79 Å². The Bertz CT molecular complexity index is 1900. The molecule has 3 fully saturated rings. The number of hydrogen-bond donors (Lipinski definition) is 14. The molecule has 0 aromatic rings. The van der Waals surface area contributed by atoms with Crippen LogP contribution in [0.1, 0.15) is 239 Å². The van der Waals surface area contributed by atoms with E-state index in [1.807, 2.05) is 6.08 Å². The van der Waals surface area contributed by atoms with Gasteiger partial charge in [0.15, 0.2) is 12.6 Å². The number of aliphatic hydroxyl groups is 11. The van der Waals surface area contributed by atoms with E-state index in [-0.39, 0.29) is 12.3 Å². The van der Waals surface area contributed by atoms with E-state index < -0.39 is 155 Å². The van der Waals surface area contributed by atoms with Gasteiger partial charge < -0.3 is 100 Å². The number of rotatable bonds is 51. The summed E-state index contributed by atoms with van der Waals surface area (Å²) in [6.07, 6.45) is 16.5. The topological polar surface area (TPSA) is 373 Å². The van der Waals surface area contributed by atoms with Crippen molar-refractivity contribution in [2.24, 2.45) is 0 Å². The number of aliphatic carboxylic acids is 1. The third-order valence-electron chi connectivity index (χ3n) is 17.4. The molecule has 18 unspecified atom stereocenters. The fraction of sp³-hybridized carbons (Fsp3) is 0.894. The number of carboxylic acid groups (broad SMARTS) is 1. The summed E-state index contributed by atoms with van der Waals surface area (Å²) in [5, 5.41) is 136. The molecular formula is C66H120N2O21. The van der Waals surface area contributed by atoms with E-state index in [9.17, 15) is 75.7 Å². The first-order valence-corrected chi connectivity index (χ1v) is 34.2. The van der Waals surface area contributed by atoms with E-state index in [2.05, 4.69) is 36.6 Å². The highest BCUT2D eigenvalue weighted by Gasteiger charge is 2.60. The largest absolute Gasteiger partial charge is 0.477 e. The number of carboxylic acids is 1. The smallest absolute Gasteiger partial charge is 0.364 e. The highest BCUT2D eigenvalue weighted by molar-refractivity contribution is 5.77. The Kier molecular flexibility index (Phi) is 42.6. The molecule has 0 aromatic heterocycles. The molecule has 3 heterocycles. The van der Waals surface area contributed by atoms with Crippen LogP contribution in [0.25, 0.3) is 0 Å². The van der Waals surface area contributed by atoms with Crippen LogP contribution >= 0.6 is 0 Å². The maximum Gasteiger partial charge on any atom is 0.364 e. The minimum atomic E-state index is -3.08. The molecule has 3 aliphatic heterocycles. The average molecular weight is 1280 g/mol. The first-order valence-electron chi connectivity index (χ1n) is 34.2. The van der Waals surface area contributed by atoms with Crippen LogP contribution in [0.15, 0.2) is 24.3 Å². The van der Waals surface area contributed by atoms with Crippen LogP contribution in [0.2, 0.25) is 0 Å². The molecular weight excluding hydrogens is 1160 g/mol. The highest BCUT2D eigenvalue weighted by atomic mass is 16.8. The standard InChI is InChI=1S/C66H120N2O21/c1-4-6-8-10-12-14-16-18-20-22-23-24-25-27-29-31-33-35-37-39-48(73)47(68-53(76)40-38-36-34-32-30-28-26-21-19-17-15-13-11-9-7-5-2)45-84-63-58(80)57(79)60(52(44-71)86-63)87-64-59(81)62(56(78)51(43-70)85-64)89-66(65(82)83)41-49(74)54(67-46(3)72)61(88-66)55(77)50(75)42-69/h21,26,37,39,47-52,54-64,69-71,73-75,77-81H,4-20,22-25,27-36,38,40-45H2,1-3H3,(H,67,72)(H,68,76)(H,82,83)/b26-21-,39-37+. The highest BCUT2D eigenvalue weighted by Crippen LogP contribution is 2.39. The predicted molar refractivity (Wildman–Crippen MR) is 334 cm³/mol. The Morgan fingerprint density at radius 2 is 1.06 bits per heavy atom. The molecule has 0 saturated carbocycles. The van der Waals surface area contributed by atoms with Gasteiger partial charge in [-0.15, -0.1) is 0 Å². The summed E-state index contributed by atoms with van der Waals surface area (Å²) in [7, 11) is 0. The Hall–Kier alpha value is -2.79. The van der Waals surface area contributed by atoms with E-state index >= 15 is 0 Å². The lowest BCUT2D eigenvalue weighted by atomic mass is 9.88. The van der Waals surface area contributed by atoms with Gasteiger partial charge in [0, 0.05) is 19.8 Å². The average Bonchev–Trinajstić information content (AvgIpc) is 0.823. The second-order valence-corrected chi connectivity index (χ2v) is 25.0. The van der Waals surface area contributed by atoms with Crippen molar-refractivity contribution in [2.45, 2.75) is 349 Å². The van der Waals surface area contributed by atoms with Gasteiger partial charge in [-0.05, 0) is 44.9 Å². The summed E-state index contributed by atoms with van der Waals surface area (Å²) in [4.78, 5) is 38.5. The zero-order chi connectivity index (χ0) is 65.4. The van der Waals surface area contributed by atoms with E-state index in [0.29, 0.717) is 12.8 Å². The quantitative estimate of drug-likeness (QED) is 0.0257. The van der Waals surface area contributed by atoms with Crippen molar-refractivity contribution in [1.82, 2.24) is 10.6 Å². The lowest BCUT2D eigenvalue weighted by molar-refractivity contribution is -0.386. The van der Waals surface area contributed by atoms with Crippen molar-refractivity contribution < 1.29 is 104 Å². The molecule has 0 radical (unpaired) electrons. The van der Waals surface area contributed by atoms with E-state index in [0.717, 1.165) is 64.7 Å². The molecule has 0 spiro atoms. The molecule has 2 amide bonds. The monoisotopic (exact) mass is 1280 g/mol. The van der Waals surface area contributed by atoms with Crippen molar-refractivity contribution in [3.63, 3.8) is 0 Å². The second-order valence-electron chi connectivity index (χ2n) is 25.0. The van der Waals surface area contributed by atoms with Crippen molar-refractivity contribution in [3.05, 3.63) is 24.3 Å². The van der Waals surface area contributed by atoms with Crippen molar-refractivity contribution in [2.75, 3.05) is 26.4 Å². The Balaban J connectivity index is 1.62. The number of aliphatic hydroxyl groups excluding tert-OH is 11. The summed E-state index contributed by atoms with van der Waals surface area (Å²) in [6.45, 7) is 2.13. The number of unbranched alkanes of at least 4 members (excludes halogenated alkanes) is 29. The van der Waals surface area contributed by atoms with Crippen LogP contribution in [-0.2, 0) is 42.8 Å². The Morgan fingerprint density at radius 3 is 1.53 bits per heavy atom. The summed E-state index contributed by atoms with van der Waals surface area (Å²) in [5.74, 6) is -6.15. The van der Waals surface area contributed by atoms with Gasteiger partial charge in [0.25, 0.3) is 5.79 Å². The molecule has 0 aliphatic carbocycles. The Labute approximate surface area is 530 Å². The minimum absolute atomic E-state index is 0.191. The minimum Gasteiger partial charge on any atom is -0.477 e. The number of amides is 2. The van der Waals surface area contributed by atoms with Gasteiger partial charge in [-0.3, -0.25) is 9.59 Å². The Morgan fingerprint density at radius 1 is 0.584 bits per heavy atom. The predicted octanol–water partition coefficient (Wildman–Crippen LogP) is 5.67. The van der Waals surface area contributed by atoms with Crippen molar-refractivity contribution in [3.8, 4) is 0 Å². The summed E-state index contributed by atoms with van der Waals surface area (Å²) in [6, 6.07) is -2.62. The van der Waals surface area contributed by atoms with Crippen LogP contribution in [0.4, 0.5) is 0 Å². The van der Waals surface area contributed by atoms with Gasteiger partial charge in [-0.2, -0.15) is 0 Å². The number of ether oxygens (including phenoxy) is 6. The number of allylic oxidation sites excluding steroid dienone is 3. The lowest BCUT2D eigenvalue weighted by Crippen LogP contribution is -2.70. The summed E-state index contributed by atoms with van der Waals surface area (Å²) >= 11 is 0. The van der Waals surface area contributed by atoms with Crippen molar-refractivity contribution in [1.29, 1.82) is 0 Å². The number of carbonyl (C=O) groups excluding carboxylic acids is 2. The van der Waals surface area contributed by atoms with Crippen molar-refractivity contribution >= 4 is 17.8 Å². The number of hydrogen-bond acceptors (Lipinski definition) is 20. The van der Waals surface area contributed by atoms with E-state index in [1.165, 1.54) is 135 Å². The van der Waals surface area contributed by atoms with Crippen LogP contribution in [0.5, 0.6) is 0 Å². The SMILES string of the molecule is CCCCCCCCC/C=C\CCCCCCCC(=O)NC(COC1OC(CO)C(OC2OC(CO)C(O)C(OC3(C(=O)O)CC(O)C(NC(C)=O)C(C(O)C(O)CO)O3)C2O)C(O)C1O)C(O)/C=C/CCCCCCCCCCCCCCCCCCC. The molecule has 3 saturated heterocycles. The van der Waals surface area contributed by atoms with Crippen LogP contribution in [0, 0.1) is 0 Å². The molecule has 18 atom stereocenters. The molecule has 14 N–H and O–H groups in total. The van der Waals surface area contributed by atoms with Gasteiger partial charge in [0.2, 0.25) is 11.8 Å². The maximum atomic E-state index is 13.4.